The molecule has 126 valence electrons. The van der Waals surface area contributed by atoms with Crippen molar-refractivity contribution >= 4 is 27.5 Å². The zero-order valence-corrected chi connectivity index (χ0v) is 15.6. The summed E-state index contributed by atoms with van der Waals surface area (Å²) < 4.78 is 12.0. The molecular weight excluding hydrogens is 370 g/mol. The number of halogens is 1. The van der Waals surface area contributed by atoms with Gasteiger partial charge in [-0.25, -0.2) is 0 Å². The number of ether oxygens (including phenoxy) is 2. The molecule has 0 saturated heterocycles. The number of benzene rings is 2. The standard InChI is InChI=1S/C19H20BrNO3/c1-4-24-18-10-12(5-8-17(18)23-3)9-15-14-11-13(20)6-7-16(14)21(2)19(15)22/h5-8,10-11,15H,4,9H2,1-3H3/t15-/m0/s1. The third kappa shape index (κ3) is 3.00. The van der Waals surface area contributed by atoms with E-state index in [-0.39, 0.29) is 11.8 Å². The molecular formula is C19H20BrNO3. The van der Waals surface area contributed by atoms with E-state index in [4.69, 9.17) is 9.47 Å². The summed E-state index contributed by atoms with van der Waals surface area (Å²) in [5, 5.41) is 0. The lowest BCUT2D eigenvalue weighted by molar-refractivity contribution is -0.119. The zero-order valence-electron chi connectivity index (χ0n) is 14.0. The van der Waals surface area contributed by atoms with Gasteiger partial charge in [-0.3, -0.25) is 4.79 Å². The average Bonchev–Trinajstić information content (AvgIpc) is 2.80. The molecule has 0 fully saturated rings. The average molecular weight is 390 g/mol. The lowest BCUT2D eigenvalue weighted by Crippen LogP contribution is -2.24. The number of rotatable bonds is 5. The predicted octanol–water partition coefficient (Wildman–Crippen LogP) is 4.16. The molecule has 0 unspecified atom stereocenters. The largest absolute Gasteiger partial charge is 0.493 e. The molecule has 24 heavy (non-hydrogen) atoms. The number of nitrogens with zero attached hydrogens (tertiary/aromatic N) is 1. The van der Waals surface area contributed by atoms with Crippen molar-refractivity contribution in [3.05, 3.63) is 52.0 Å². The molecule has 0 spiro atoms. The number of carbonyl (C=O) groups excluding carboxylic acids is 1. The smallest absolute Gasteiger partial charge is 0.234 e. The van der Waals surface area contributed by atoms with Crippen LogP contribution in [-0.4, -0.2) is 26.7 Å². The SMILES string of the molecule is CCOc1cc(C[C@@H]2C(=O)N(C)c3ccc(Br)cc32)ccc1OC. The normalized spacial score (nSPS) is 16.2. The Balaban J connectivity index is 1.93. The van der Waals surface area contributed by atoms with Gasteiger partial charge in [0.25, 0.3) is 0 Å². The Morgan fingerprint density at radius 3 is 2.67 bits per heavy atom. The van der Waals surface area contributed by atoms with E-state index in [9.17, 15) is 4.79 Å². The van der Waals surface area contributed by atoms with Crippen LogP contribution in [-0.2, 0) is 11.2 Å². The van der Waals surface area contributed by atoms with E-state index >= 15 is 0 Å². The molecule has 4 nitrogen and oxygen atoms in total. The summed E-state index contributed by atoms with van der Waals surface area (Å²) in [5.74, 6) is 1.37. The number of hydrogen-bond donors (Lipinski definition) is 0. The third-order valence-electron chi connectivity index (χ3n) is 4.32. The highest BCUT2D eigenvalue weighted by Gasteiger charge is 2.35. The number of fused-ring (bicyclic) bond motifs is 1. The Labute approximate surface area is 150 Å². The van der Waals surface area contributed by atoms with Gasteiger partial charge >= 0.3 is 0 Å². The second kappa shape index (κ2) is 6.85. The van der Waals surface area contributed by atoms with Crippen molar-refractivity contribution in [1.82, 2.24) is 0 Å². The van der Waals surface area contributed by atoms with Crippen LogP contribution in [0.1, 0.15) is 24.0 Å². The van der Waals surface area contributed by atoms with Crippen LogP contribution in [0.5, 0.6) is 11.5 Å². The Morgan fingerprint density at radius 2 is 1.96 bits per heavy atom. The minimum atomic E-state index is -0.176. The fraction of sp³-hybridized carbons (Fsp3) is 0.316. The van der Waals surface area contributed by atoms with Crippen LogP contribution in [0.2, 0.25) is 0 Å². The minimum absolute atomic E-state index is 0.122. The fourth-order valence-corrected chi connectivity index (χ4v) is 3.52. The van der Waals surface area contributed by atoms with Gasteiger partial charge in [0.15, 0.2) is 11.5 Å². The summed E-state index contributed by atoms with van der Waals surface area (Å²) in [6.07, 6.45) is 0.636. The van der Waals surface area contributed by atoms with Crippen LogP contribution in [0.4, 0.5) is 5.69 Å². The number of anilines is 1. The monoisotopic (exact) mass is 389 g/mol. The maximum Gasteiger partial charge on any atom is 0.234 e. The number of carbonyl (C=O) groups is 1. The molecule has 1 aliphatic heterocycles. The van der Waals surface area contributed by atoms with E-state index < -0.39 is 0 Å². The number of likely N-dealkylation sites (N-methyl/N-ethyl adjacent to an activating group) is 1. The molecule has 5 heteroatoms. The Morgan fingerprint density at radius 1 is 1.17 bits per heavy atom. The maximum absolute atomic E-state index is 12.7. The van der Waals surface area contributed by atoms with Crippen molar-refractivity contribution in [1.29, 1.82) is 0 Å². The molecule has 2 aromatic carbocycles. The van der Waals surface area contributed by atoms with E-state index in [1.165, 1.54) is 0 Å². The van der Waals surface area contributed by atoms with Crippen LogP contribution < -0.4 is 14.4 Å². The predicted molar refractivity (Wildman–Crippen MR) is 98.2 cm³/mol. The van der Waals surface area contributed by atoms with Gasteiger partial charge in [0.05, 0.1) is 19.6 Å². The highest BCUT2D eigenvalue weighted by Crippen LogP contribution is 2.40. The first-order valence-electron chi connectivity index (χ1n) is 7.92. The van der Waals surface area contributed by atoms with Crippen LogP contribution >= 0.6 is 15.9 Å². The first-order chi connectivity index (χ1) is 11.5. The van der Waals surface area contributed by atoms with Crippen LogP contribution in [0.15, 0.2) is 40.9 Å². The van der Waals surface area contributed by atoms with Crippen molar-refractivity contribution in [3.63, 3.8) is 0 Å². The Kier molecular flexibility index (Phi) is 4.81. The first-order valence-corrected chi connectivity index (χ1v) is 8.71. The van der Waals surface area contributed by atoms with Crippen molar-refractivity contribution in [2.45, 2.75) is 19.3 Å². The molecule has 0 saturated carbocycles. The summed E-state index contributed by atoms with van der Waals surface area (Å²) >= 11 is 3.50. The van der Waals surface area contributed by atoms with Gasteiger partial charge < -0.3 is 14.4 Å². The molecule has 0 radical (unpaired) electrons. The molecule has 1 heterocycles. The minimum Gasteiger partial charge on any atom is -0.493 e. The summed E-state index contributed by atoms with van der Waals surface area (Å²) in [7, 11) is 3.45. The van der Waals surface area contributed by atoms with Gasteiger partial charge in [0, 0.05) is 17.2 Å². The number of methoxy groups -OCH3 is 1. The molecule has 3 rings (SSSR count). The highest BCUT2D eigenvalue weighted by atomic mass is 79.9. The van der Waals surface area contributed by atoms with Gasteiger partial charge in [-0.2, -0.15) is 0 Å². The molecule has 0 N–H and O–H groups in total. The fourth-order valence-electron chi connectivity index (χ4n) is 3.14. The quantitative estimate of drug-likeness (QED) is 0.770. The van der Waals surface area contributed by atoms with Gasteiger partial charge in [-0.15, -0.1) is 0 Å². The number of amides is 1. The lowest BCUT2D eigenvalue weighted by Gasteiger charge is -2.14. The highest BCUT2D eigenvalue weighted by molar-refractivity contribution is 9.10. The topological polar surface area (TPSA) is 38.8 Å². The lowest BCUT2D eigenvalue weighted by atomic mass is 9.93. The van der Waals surface area contributed by atoms with E-state index in [2.05, 4.69) is 15.9 Å². The van der Waals surface area contributed by atoms with E-state index in [1.807, 2.05) is 50.4 Å². The molecule has 0 bridgehead atoms. The Hall–Kier alpha value is -2.01. The molecule has 0 aromatic heterocycles. The van der Waals surface area contributed by atoms with Gasteiger partial charge in [-0.05, 0) is 54.8 Å². The van der Waals surface area contributed by atoms with Gasteiger partial charge in [0.2, 0.25) is 5.91 Å². The van der Waals surface area contributed by atoms with Crippen molar-refractivity contribution < 1.29 is 14.3 Å². The summed E-state index contributed by atoms with van der Waals surface area (Å²) in [6.45, 7) is 2.51. The van der Waals surface area contributed by atoms with Crippen molar-refractivity contribution in [3.8, 4) is 11.5 Å². The summed E-state index contributed by atoms with van der Waals surface area (Å²) in [5.41, 5.74) is 3.09. The van der Waals surface area contributed by atoms with Crippen molar-refractivity contribution in [2.24, 2.45) is 0 Å². The Bertz CT molecular complexity index is 775. The third-order valence-corrected chi connectivity index (χ3v) is 4.82. The van der Waals surface area contributed by atoms with Gasteiger partial charge in [0.1, 0.15) is 0 Å². The van der Waals surface area contributed by atoms with Crippen LogP contribution in [0.25, 0.3) is 0 Å². The van der Waals surface area contributed by atoms with Crippen LogP contribution in [0.3, 0.4) is 0 Å². The second-order valence-corrected chi connectivity index (χ2v) is 6.69. The van der Waals surface area contributed by atoms with E-state index in [0.29, 0.717) is 24.5 Å². The summed E-state index contributed by atoms with van der Waals surface area (Å²) in [4.78, 5) is 14.4. The van der Waals surface area contributed by atoms with E-state index in [1.54, 1.807) is 12.0 Å². The molecule has 2 aromatic rings. The molecule has 1 amide bonds. The molecule has 1 aliphatic rings. The molecule has 0 aliphatic carbocycles. The van der Waals surface area contributed by atoms with Crippen LogP contribution in [0, 0.1) is 0 Å². The maximum atomic E-state index is 12.7. The van der Waals surface area contributed by atoms with E-state index in [0.717, 1.165) is 21.3 Å². The van der Waals surface area contributed by atoms with Crippen molar-refractivity contribution in [2.75, 3.05) is 25.7 Å². The zero-order chi connectivity index (χ0) is 17.3. The molecule has 1 atom stereocenters. The first kappa shape index (κ1) is 16.8. The second-order valence-electron chi connectivity index (χ2n) is 5.78. The van der Waals surface area contributed by atoms with Gasteiger partial charge in [-0.1, -0.05) is 22.0 Å². The number of hydrogen-bond acceptors (Lipinski definition) is 3. The summed E-state index contributed by atoms with van der Waals surface area (Å²) in [6, 6.07) is 11.8.